The number of benzene rings is 5. The van der Waals surface area contributed by atoms with Crippen molar-refractivity contribution in [1.82, 2.24) is 47.2 Å². The summed E-state index contributed by atoms with van der Waals surface area (Å²) in [7, 11) is 1.47. The first-order valence-corrected chi connectivity index (χ1v) is 33.8. The molecular formula is C69H79Cl2N11O24. The molecule has 5 aromatic carbocycles. The number of phenolic OH excluding ortho intramolecular Hbond substituents is 3. The van der Waals surface area contributed by atoms with Crippen molar-refractivity contribution in [3.63, 3.8) is 0 Å². The molecule has 8 heterocycles. The Hall–Kier alpha value is -9.99. The average Bonchev–Trinajstić information content (AvgIpc) is 0.796. The lowest BCUT2D eigenvalue weighted by molar-refractivity contribution is -0.333. The number of aliphatic hydroxyl groups is 6. The van der Waals surface area contributed by atoms with Gasteiger partial charge in [-0.05, 0) is 110 Å². The number of amides is 7. The monoisotopic (exact) mass is 1520 g/mol. The number of carbonyl (C=O) groups is 8. The van der Waals surface area contributed by atoms with Crippen molar-refractivity contribution < 1.29 is 118 Å². The highest BCUT2D eigenvalue weighted by Crippen LogP contribution is 2.50. The maximum atomic E-state index is 16.0. The Labute approximate surface area is 612 Å². The van der Waals surface area contributed by atoms with Crippen LogP contribution < -0.4 is 62.9 Å². The maximum Gasteiger partial charge on any atom is 0.330 e. The predicted octanol–water partition coefficient (Wildman–Crippen LogP) is 0.516. The van der Waals surface area contributed by atoms with Crippen LogP contribution in [-0.2, 0) is 52.6 Å². The summed E-state index contributed by atoms with van der Waals surface area (Å²) in [5.41, 5.74) is 8.00. The number of primary amides is 1. The van der Waals surface area contributed by atoms with Crippen molar-refractivity contribution in [2.24, 2.45) is 17.4 Å². The Balaban J connectivity index is 0.00000231. The van der Waals surface area contributed by atoms with Crippen LogP contribution in [0.1, 0.15) is 105 Å². The van der Waals surface area contributed by atoms with Gasteiger partial charge in [-0.2, -0.15) is 0 Å². The SMILES string of the molecule is CN[C@H](CC(C)C)C(=O)N[C@H]1C(=O)N[C@@H](CC(N)=O)C(=O)N[C@H]2C(=O)N[C@H]3C(=O)N[C@H](C(=O)N[C@H](C(=O)O)c4cc(O)cc(O)c4-c4cc3ccc4O)[C@H](O)c3ccc(c(Cl)c3)Oc3cc2cc(c3O[C@@H]2O[C@H](CO)[C@@H](O)[C@H](O)[C@H]2O[C@H]2C[C@](C)(N)[C@H](O)[C@H](C)O2)Oc2ccc(cc2Cl)[C@H]1O.c1c[nH]cn1. The number of carbonyl (C=O) groups excluding carboxylic acids is 7. The first-order chi connectivity index (χ1) is 50.2. The highest BCUT2D eigenvalue weighted by Gasteiger charge is 2.51. The summed E-state index contributed by atoms with van der Waals surface area (Å²) in [6.45, 7) is 5.66. The van der Waals surface area contributed by atoms with Gasteiger partial charge < -0.3 is 133 Å². The maximum absolute atomic E-state index is 16.0. The number of imidazole rings is 1. The highest BCUT2D eigenvalue weighted by molar-refractivity contribution is 6.32. The Morgan fingerprint density at radius 2 is 1.36 bits per heavy atom. The Morgan fingerprint density at radius 3 is 1.92 bits per heavy atom. The van der Waals surface area contributed by atoms with Gasteiger partial charge in [0.1, 0.15) is 89.5 Å². The summed E-state index contributed by atoms with van der Waals surface area (Å²) >= 11 is 14.1. The number of aliphatic carboxylic acids is 1. The summed E-state index contributed by atoms with van der Waals surface area (Å²) in [5.74, 6) is -16.0. The van der Waals surface area contributed by atoms with Gasteiger partial charge in [0, 0.05) is 47.1 Å². The molecule has 0 unspecified atom stereocenters. The van der Waals surface area contributed by atoms with Gasteiger partial charge in [0.15, 0.2) is 29.9 Å². The van der Waals surface area contributed by atoms with E-state index in [-0.39, 0.29) is 46.2 Å². The van der Waals surface area contributed by atoms with E-state index in [4.69, 9.17) is 63.1 Å². The zero-order valence-electron chi connectivity index (χ0n) is 57.0. The van der Waals surface area contributed by atoms with Gasteiger partial charge in [-0.3, -0.25) is 33.6 Å². The lowest BCUT2D eigenvalue weighted by atomic mass is 9.86. The number of rotatable bonds is 13. The number of nitrogens with zero attached hydrogens (tertiary/aromatic N) is 1. The largest absolute Gasteiger partial charge is 0.508 e. The molecule has 7 aliphatic heterocycles. The molecule has 22 N–H and O–H groups in total. The van der Waals surface area contributed by atoms with Crippen LogP contribution in [0.4, 0.5) is 0 Å². The van der Waals surface area contributed by atoms with Gasteiger partial charge in [0.2, 0.25) is 53.4 Å². The molecule has 2 saturated heterocycles. The second-order valence-electron chi connectivity index (χ2n) is 26.5. The molecule has 7 aliphatic rings. The molecule has 0 radical (unpaired) electrons. The van der Waals surface area contributed by atoms with Gasteiger partial charge in [-0.25, -0.2) is 9.78 Å². The molecule has 37 heteroatoms. The molecule has 11 bridgehead atoms. The van der Waals surface area contributed by atoms with E-state index >= 15 is 14.4 Å². The van der Waals surface area contributed by atoms with E-state index in [2.05, 4.69) is 47.2 Å². The molecule has 0 spiro atoms. The molecule has 18 atom stereocenters. The van der Waals surface area contributed by atoms with Gasteiger partial charge in [-0.1, -0.05) is 55.2 Å². The fourth-order valence-electron chi connectivity index (χ4n) is 12.7. The summed E-state index contributed by atoms with van der Waals surface area (Å²) < 4.78 is 38.3. The number of ether oxygens (including phenoxy) is 6. The number of nitrogens with one attached hydrogen (secondary N) is 8. The minimum atomic E-state index is -2.35. The van der Waals surface area contributed by atoms with E-state index in [0.717, 1.165) is 66.7 Å². The van der Waals surface area contributed by atoms with Crippen molar-refractivity contribution in [1.29, 1.82) is 0 Å². The van der Waals surface area contributed by atoms with Crippen LogP contribution in [-0.4, -0.2) is 201 Å². The number of aromatic hydroxyl groups is 3. The molecule has 35 nitrogen and oxygen atoms in total. The third-order valence-electron chi connectivity index (χ3n) is 18.2. The number of nitrogens with two attached hydrogens (primary N) is 2. The van der Waals surface area contributed by atoms with Crippen molar-refractivity contribution in [2.75, 3.05) is 13.7 Å². The molecule has 106 heavy (non-hydrogen) atoms. The van der Waals surface area contributed by atoms with Gasteiger partial charge in [0.05, 0.1) is 47.7 Å². The van der Waals surface area contributed by atoms with Crippen molar-refractivity contribution in [3.05, 3.63) is 135 Å². The lowest BCUT2D eigenvalue weighted by Crippen LogP contribution is -2.64. The zero-order valence-corrected chi connectivity index (χ0v) is 58.5. The third-order valence-corrected chi connectivity index (χ3v) is 18.8. The number of halogens is 2. The van der Waals surface area contributed by atoms with E-state index in [1.54, 1.807) is 18.7 Å². The minimum absolute atomic E-state index is 0.0975. The van der Waals surface area contributed by atoms with Crippen molar-refractivity contribution >= 4 is 70.5 Å². The molecule has 0 saturated carbocycles. The van der Waals surface area contributed by atoms with Crippen LogP contribution in [0.2, 0.25) is 10.0 Å². The summed E-state index contributed by atoms with van der Waals surface area (Å²) in [4.78, 5) is 123. The average molecular weight is 1520 g/mol. The quantitative estimate of drug-likeness (QED) is 0.0749. The third kappa shape index (κ3) is 17.3. The number of fused-ring (bicyclic) bond motifs is 15. The van der Waals surface area contributed by atoms with E-state index in [0.29, 0.717) is 0 Å². The standard InChI is InChI=1S/C66H75Cl2N9O24.C3H4N2/c1-23(2)12-34(71-5)58(88)76-49-51(83)26-7-10-38(32(67)14-26)97-40-16-28-17-41(55(40)101-65-56(54(86)53(85)42(22-78)99-65)100-44-21-66(4,70)57(87)24(3)96-44)98-39-11-8-27(15-33(39)68)52(84)50-63(93)75-48(64(94)95)31-18-29(79)19-37(81)45(31)30-13-25(6-9-36(30)80)46(60(90)77-50)74-61(91)47(28)73-59(89)35(20-43(69)82)72-62(49)92;1-2-5-3-4-1/h6-11,13-19,23-24,34-35,42,44,46-54,56-57,65,71,78-81,83-87H,12,20-22,70H2,1-5H3,(H2,69,82)(H,72,92)(H,73,89)(H,74,91)(H,75,93)(H,76,88)(H,77,90)(H,94,95);1-3H,(H,4,5)/t24-,34+,35-,42+,44-,46+,47+,48-,49+,50-,51+,52+,53+,54-,56+,57+,65-,66-;/m0./s1. The first kappa shape index (κ1) is 78.6. The van der Waals surface area contributed by atoms with Crippen LogP contribution >= 0.6 is 23.2 Å². The second kappa shape index (κ2) is 32.8. The molecule has 568 valence electrons. The summed E-state index contributed by atoms with van der Waals surface area (Å²) in [6.07, 6.45) is -13.5. The molecule has 0 aliphatic carbocycles. The number of aromatic nitrogens is 2. The number of phenols is 3. The number of likely N-dealkylation sites (N-methyl/N-ethyl adjacent to an activating group) is 1. The number of hydrogen-bond donors (Lipinski definition) is 20. The topological polar surface area (TPSA) is 559 Å². The zero-order chi connectivity index (χ0) is 77.1. The molecular weight excluding hydrogens is 1440 g/mol. The van der Waals surface area contributed by atoms with Gasteiger partial charge >= 0.3 is 5.97 Å². The Kier molecular flexibility index (Phi) is 24.3. The fraction of sp³-hybridized carbons (Fsp3) is 0.406. The van der Waals surface area contributed by atoms with Gasteiger partial charge in [0.25, 0.3) is 0 Å². The smallest absolute Gasteiger partial charge is 0.330 e. The molecule has 6 aromatic rings. The van der Waals surface area contributed by atoms with Crippen LogP contribution in [0.3, 0.4) is 0 Å². The number of H-pyrrole nitrogens is 1. The van der Waals surface area contributed by atoms with Crippen LogP contribution in [0, 0.1) is 5.92 Å². The fourth-order valence-corrected chi connectivity index (χ4v) is 13.2. The number of hydrogen-bond acceptors (Lipinski definition) is 26. The van der Waals surface area contributed by atoms with Crippen LogP contribution in [0.15, 0.2) is 97.6 Å². The number of aliphatic hydroxyl groups excluding tert-OH is 6. The molecule has 1 aromatic heterocycles. The lowest BCUT2D eigenvalue weighted by Gasteiger charge is -2.47. The molecule has 7 amide bonds. The second-order valence-corrected chi connectivity index (χ2v) is 27.3. The normalized spacial score (nSPS) is 28.4. The summed E-state index contributed by atoms with van der Waals surface area (Å²) in [6, 6.07) is -0.679. The van der Waals surface area contributed by atoms with Crippen LogP contribution in [0.25, 0.3) is 11.1 Å². The Morgan fingerprint density at radius 1 is 0.736 bits per heavy atom. The van der Waals surface area contributed by atoms with E-state index in [9.17, 15) is 75.0 Å². The van der Waals surface area contributed by atoms with Crippen molar-refractivity contribution in [2.45, 2.75) is 156 Å². The van der Waals surface area contributed by atoms with Crippen LogP contribution in [0.5, 0.6) is 46.0 Å². The summed E-state index contributed by atoms with van der Waals surface area (Å²) in [5, 5.41) is 131. The molecule has 2 fully saturated rings. The van der Waals surface area contributed by atoms with E-state index in [1.807, 2.05) is 13.8 Å². The number of aromatic amines is 1. The van der Waals surface area contributed by atoms with E-state index in [1.165, 1.54) is 33.0 Å². The Bertz CT molecular complexity index is 4290. The number of carboxylic acids is 1. The highest BCUT2D eigenvalue weighted by atomic mass is 35.5. The number of carboxylic acid groups (broad SMARTS) is 1. The minimum Gasteiger partial charge on any atom is -0.508 e. The predicted molar refractivity (Wildman–Crippen MR) is 368 cm³/mol. The molecule has 13 rings (SSSR count). The van der Waals surface area contributed by atoms with E-state index < -0.39 is 237 Å². The first-order valence-electron chi connectivity index (χ1n) is 33.0. The van der Waals surface area contributed by atoms with Crippen molar-refractivity contribution in [3.8, 4) is 57.1 Å². The van der Waals surface area contributed by atoms with Gasteiger partial charge in [-0.15, -0.1) is 0 Å².